The van der Waals surface area contributed by atoms with Gasteiger partial charge in [-0.05, 0) is 68.3 Å². The Morgan fingerprint density at radius 3 is 2.06 bits per heavy atom. The van der Waals surface area contributed by atoms with Gasteiger partial charge in [0, 0.05) is 31.7 Å². The van der Waals surface area contributed by atoms with Gasteiger partial charge in [0.25, 0.3) is 5.91 Å². The summed E-state index contributed by atoms with van der Waals surface area (Å²) in [5.74, 6) is 0.571. The number of piperazine rings is 1. The molecule has 0 spiro atoms. The summed E-state index contributed by atoms with van der Waals surface area (Å²) in [5.41, 5.74) is 4.17. The lowest BCUT2D eigenvalue weighted by Crippen LogP contribution is -2.48. The van der Waals surface area contributed by atoms with Crippen molar-refractivity contribution < 1.29 is 13.2 Å². The van der Waals surface area contributed by atoms with E-state index in [0.717, 1.165) is 22.5 Å². The van der Waals surface area contributed by atoms with E-state index in [0.29, 0.717) is 42.3 Å². The summed E-state index contributed by atoms with van der Waals surface area (Å²) in [7, 11) is -3.52. The van der Waals surface area contributed by atoms with Gasteiger partial charge in [-0.15, -0.1) is 0 Å². The van der Waals surface area contributed by atoms with E-state index in [9.17, 15) is 13.2 Å². The number of nitrogens with zero attached hydrogens (tertiary/aromatic N) is 3. The Kier molecular flexibility index (Phi) is 6.49. The number of carbonyl (C=O) groups is 1. The molecule has 0 unspecified atom stereocenters. The Bertz CT molecular complexity index is 1230. The Hall–Kier alpha value is -3.23. The van der Waals surface area contributed by atoms with Crippen LogP contribution in [0.4, 0.5) is 11.5 Å². The predicted molar refractivity (Wildman–Crippen MR) is 130 cm³/mol. The van der Waals surface area contributed by atoms with Gasteiger partial charge >= 0.3 is 0 Å². The fourth-order valence-corrected chi connectivity index (χ4v) is 5.56. The van der Waals surface area contributed by atoms with Crippen LogP contribution in [0.3, 0.4) is 0 Å². The third-order valence-electron chi connectivity index (χ3n) is 5.72. The number of benzene rings is 2. The number of aromatic nitrogens is 1. The standard InChI is InChI=1S/C25H28N4O3S/c1-18-4-6-21(7-5-18)25(30)27-22-8-9-24(26-17-22)28-10-12-29(13-11-28)33(31,32)23-15-19(2)14-20(3)16-23/h4-9,14-17H,10-13H2,1-3H3,(H,27,30). The van der Waals surface area contributed by atoms with Crippen LogP contribution in [-0.2, 0) is 10.0 Å². The zero-order chi connectivity index (χ0) is 23.6. The number of amides is 1. The first-order valence-electron chi connectivity index (χ1n) is 10.9. The quantitative estimate of drug-likeness (QED) is 0.622. The van der Waals surface area contributed by atoms with Gasteiger partial charge in [-0.25, -0.2) is 13.4 Å². The summed E-state index contributed by atoms with van der Waals surface area (Å²) in [6, 6.07) is 16.4. The molecule has 8 heteroatoms. The highest BCUT2D eigenvalue weighted by Crippen LogP contribution is 2.23. The molecule has 7 nitrogen and oxygen atoms in total. The summed E-state index contributed by atoms with van der Waals surface area (Å²) < 4.78 is 27.7. The number of aryl methyl sites for hydroxylation is 3. The molecule has 1 aliphatic rings. The summed E-state index contributed by atoms with van der Waals surface area (Å²) in [6.45, 7) is 7.66. The number of carbonyl (C=O) groups excluding carboxylic acids is 1. The van der Waals surface area contributed by atoms with Crippen molar-refractivity contribution in [1.29, 1.82) is 0 Å². The lowest BCUT2D eigenvalue weighted by molar-refractivity contribution is 0.102. The highest BCUT2D eigenvalue weighted by atomic mass is 32.2. The third kappa shape index (κ3) is 5.23. The molecular weight excluding hydrogens is 436 g/mol. The minimum absolute atomic E-state index is 0.185. The van der Waals surface area contributed by atoms with Crippen LogP contribution in [0.2, 0.25) is 0 Å². The number of sulfonamides is 1. The molecule has 1 aliphatic heterocycles. The first-order chi connectivity index (χ1) is 15.7. The summed E-state index contributed by atoms with van der Waals surface area (Å²) in [4.78, 5) is 19.3. The molecular formula is C25H28N4O3S. The van der Waals surface area contributed by atoms with E-state index in [2.05, 4.69) is 15.2 Å². The maximum absolute atomic E-state index is 13.1. The predicted octanol–water partition coefficient (Wildman–Crippen LogP) is 3.77. The van der Waals surface area contributed by atoms with Crippen molar-refractivity contribution in [2.24, 2.45) is 0 Å². The van der Waals surface area contributed by atoms with Gasteiger partial charge in [0.2, 0.25) is 10.0 Å². The van der Waals surface area contributed by atoms with Crippen molar-refractivity contribution in [3.63, 3.8) is 0 Å². The largest absolute Gasteiger partial charge is 0.354 e. The minimum Gasteiger partial charge on any atom is -0.354 e. The molecule has 0 aliphatic carbocycles. The molecule has 1 aromatic heterocycles. The SMILES string of the molecule is Cc1ccc(C(=O)Nc2ccc(N3CCN(S(=O)(=O)c4cc(C)cc(C)c4)CC3)nc2)cc1. The second kappa shape index (κ2) is 9.33. The first-order valence-corrected chi connectivity index (χ1v) is 12.3. The van der Waals surface area contributed by atoms with Crippen molar-refractivity contribution in [1.82, 2.24) is 9.29 Å². The monoisotopic (exact) mass is 464 g/mol. The van der Waals surface area contributed by atoms with Crippen LogP contribution < -0.4 is 10.2 Å². The topological polar surface area (TPSA) is 82.6 Å². The number of nitrogens with one attached hydrogen (secondary N) is 1. The van der Waals surface area contributed by atoms with Gasteiger partial charge in [-0.1, -0.05) is 23.8 Å². The van der Waals surface area contributed by atoms with Crippen LogP contribution in [-0.4, -0.2) is 49.8 Å². The fourth-order valence-electron chi connectivity index (χ4n) is 3.94. The number of rotatable bonds is 5. The average Bonchev–Trinajstić information content (AvgIpc) is 2.79. The molecule has 1 saturated heterocycles. The van der Waals surface area contributed by atoms with Gasteiger partial charge in [-0.3, -0.25) is 4.79 Å². The van der Waals surface area contributed by atoms with Crippen LogP contribution >= 0.6 is 0 Å². The van der Waals surface area contributed by atoms with E-state index in [-0.39, 0.29) is 5.91 Å². The van der Waals surface area contributed by atoms with E-state index >= 15 is 0 Å². The molecule has 172 valence electrons. The molecule has 0 saturated carbocycles. The van der Waals surface area contributed by atoms with Crippen molar-refractivity contribution in [2.45, 2.75) is 25.7 Å². The van der Waals surface area contributed by atoms with Gasteiger partial charge in [0.15, 0.2) is 0 Å². The van der Waals surface area contributed by atoms with Gasteiger partial charge in [0.1, 0.15) is 5.82 Å². The summed E-state index contributed by atoms with van der Waals surface area (Å²) in [5, 5.41) is 2.85. The highest BCUT2D eigenvalue weighted by molar-refractivity contribution is 7.89. The number of hydrogen-bond acceptors (Lipinski definition) is 5. The molecule has 33 heavy (non-hydrogen) atoms. The van der Waals surface area contributed by atoms with Crippen LogP contribution in [0.15, 0.2) is 65.7 Å². The molecule has 0 atom stereocenters. The molecule has 1 N–H and O–H groups in total. The summed E-state index contributed by atoms with van der Waals surface area (Å²) >= 11 is 0. The zero-order valence-electron chi connectivity index (χ0n) is 19.1. The Labute approximate surface area is 195 Å². The number of hydrogen-bond donors (Lipinski definition) is 1. The van der Waals surface area contributed by atoms with Crippen molar-refractivity contribution in [3.05, 3.63) is 83.0 Å². The smallest absolute Gasteiger partial charge is 0.255 e. The van der Waals surface area contributed by atoms with Crippen LogP contribution in [0.5, 0.6) is 0 Å². The normalized spacial score (nSPS) is 14.8. The van der Waals surface area contributed by atoms with Gasteiger partial charge in [-0.2, -0.15) is 4.31 Å². The maximum atomic E-state index is 13.1. The molecule has 4 rings (SSSR count). The summed E-state index contributed by atoms with van der Waals surface area (Å²) in [6.07, 6.45) is 1.63. The number of pyridine rings is 1. The Morgan fingerprint density at radius 2 is 1.48 bits per heavy atom. The molecule has 2 aromatic carbocycles. The Morgan fingerprint density at radius 1 is 0.848 bits per heavy atom. The molecule has 1 amide bonds. The van der Waals surface area contributed by atoms with E-state index < -0.39 is 10.0 Å². The molecule has 3 aromatic rings. The highest BCUT2D eigenvalue weighted by Gasteiger charge is 2.29. The minimum atomic E-state index is -3.52. The maximum Gasteiger partial charge on any atom is 0.255 e. The van der Waals surface area contributed by atoms with Gasteiger partial charge < -0.3 is 10.2 Å². The van der Waals surface area contributed by atoms with E-state index in [4.69, 9.17) is 0 Å². The Balaban J connectivity index is 1.38. The van der Waals surface area contributed by atoms with Gasteiger partial charge in [0.05, 0.1) is 16.8 Å². The lowest BCUT2D eigenvalue weighted by atomic mass is 10.1. The van der Waals surface area contributed by atoms with E-state index in [1.54, 1.807) is 30.5 Å². The molecule has 2 heterocycles. The molecule has 1 fully saturated rings. The lowest BCUT2D eigenvalue weighted by Gasteiger charge is -2.34. The molecule has 0 radical (unpaired) electrons. The number of anilines is 2. The fraction of sp³-hybridized carbons (Fsp3) is 0.280. The van der Waals surface area contributed by atoms with E-state index in [1.807, 2.05) is 51.1 Å². The second-order valence-electron chi connectivity index (χ2n) is 8.44. The average molecular weight is 465 g/mol. The van der Waals surface area contributed by atoms with Crippen molar-refractivity contribution in [2.75, 3.05) is 36.4 Å². The third-order valence-corrected chi connectivity index (χ3v) is 7.59. The zero-order valence-corrected chi connectivity index (χ0v) is 19.9. The molecule has 0 bridgehead atoms. The van der Waals surface area contributed by atoms with Crippen molar-refractivity contribution in [3.8, 4) is 0 Å². The van der Waals surface area contributed by atoms with Crippen LogP contribution in [0.1, 0.15) is 27.0 Å². The van der Waals surface area contributed by atoms with E-state index in [1.165, 1.54) is 4.31 Å². The second-order valence-corrected chi connectivity index (χ2v) is 10.4. The van der Waals surface area contributed by atoms with Crippen LogP contribution in [0.25, 0.3) is 0 Å². The van der Waals surface area contributed by atoms with Crippen LogP contribution in [0, 0.1) is 20.8 Å². The first kappa shape index (κ1) is 22.9. The van der Waals surface area contributed by atoms with Crippen molar-refractivity contribution >= 4 is 27.4 Å².